The van der Waals surface area contributed by atoms with E-state index in [4.69, 9.17) is 0 Å². The summed E-state index contributed by atoms with van der Waals surface area (Å²) in [5.41, 5.74) is -0.0975. The minimum atomic E-state index is -0.760. The summed E-state index contributed by atoms with van der Waals surface area (Å²) in [6.07, 6.45) is -0.0930. The van der Waals surface area contributed by atoms with Crippen LogP contribution in [0.3, 0.4) is 0 Å². The molecule has 0 unspecified atom stereocenters. The number of benzene rings is 1. The van der Waals surface area contributed by atoms with Crippen LogP contribution in [0.5, 0.6) is 0 Å². The molecule has 1 aromatic carbocycles. The first-order chi connectivity index (χ1) is 7.54. The molecule has 86 valence electrons. The number of nitrogens with zero attached hydrogens (tertiary/aromatic N) is 1. The van der Waals surface area contributed by atoms with Gasteiger partial charge in [0.1, 0.15) is 5.69 Å². The van der Waals surface area contributed by atoms with Crippen LogP contribution in [-0.4, -0.2) is 18.8 Å². The molecule has 0 N–H and O–H groups in total. The summed E-state index contributed by atoms with van der Waals surface area (Å²) in [5.74, 6) is -2.02. The quantitative estimate of drug-likeness (QED) is 0.588. The van der Waals surface area contributed by atoms with Crippen molar-refractivity contribution in [3.05, 3.63) is 29.8 Å². The van der Waals surface area contributed by atoms with Crippen LogP contribution in [0.4, 0.5) is 14.5 Å². The summed E-state index contributed by atoms with van der Waals surface area (Å²) in [4.78, 5) is 14.6. The molecule has 0 aliphatic rings. The van der Waals surface area contributed by atoms with E-state index in [2.05, 4.69) is 9.73 Å². The zero-order valence-electron chi connectivity index (χ0n) is 8.96. The molecule has 0 saturated carbocycles. The number of carbonyl (C=O) groups is 1. The van der Waals surface area contributed by atoms with E-state index in [0.29, 0.717) is 0 Å². The summed E-state index contributed by atoms with van der Waals surface area (Å²) in [6, 6.07) is 3.46. The molecular weight excluding hydrogens is 216 g/mol. The summed E-state index contributed by atoms with van der Waals surface area (Å²) in [6.45, 7) is 1.50. The second-order valence-corrected chi connectivity index (χ2v) is 3.17. The average Bonchev–Trinajstić information content (AvgIpc) is 2.23. The van der Waals surface area contributed by atoms with Crippen molar-refractivity contribution in [2.75, 3.05) is 7.11 Å². The smallest absolute Gasteiger partial charge is 0.311 e. The molecule has 0 spiro atoms. The van der Waals surface area contributed by atoms with Gasteiger partial charge >= 0.3 is 5.97 Å². The summed E-state index contributed by atoms with van der Waals surface area (Å²) < 4.78 is 30.7. The van der Waals surface area contributed by atoms with Gasteiger partial charge in [0.25, 0.3) is 0 Å². The van der Waals surface area contributed by atoms with Gasteiger partial charge in [-0.15, -0.1) is 0 Å². The van der Waals surface area contributed by atoms with Gasteiger partial charge in [-0.1, -0.05) is 6.07 Å². The Kier molecular flexibility index (Phi) is 4.10. The highest BCUT2D eigenvalue weighted by atomic mass is 19.1. The van der Waals surface area contributed by atoms with Crippen LogP contribution >= 0.6 is 0 Å². The number of hydrogen-bond acceptors (Lipinski definition) is 3. The monoisotopic (exact) mass is 227 g/mol. The molecule has 0 aromatic heterocycles. The van der Waals surface area contributed by atoms with Crippen molar-refractivity contribution in [1.82, 2.24) is 0 Å². The molecule has 0 saturated heterocycles. The number of methoxy groups -OCH3 is 1. The molecular formula is C11H11F2NO2. The van der Waals surface area contributed by atoms with Crippen LogP contribution in [0.25, 0.3) is 0 Å². The van der Waals surface area contributed by atoms with Gasteiger partial charge < -0.3 is 4.74 Å². The first-order valence-corrected chi connectivity index (χ1v) is 4.59. The highest BCUT2D eigenvalue weighted by molar-refractivity contribution is 5.98. The fraction of sp³-hybridized carbons (Fsp3) is 0.273. The van der Waals surface area contributed by atoms with Crippen molar-refractivity contribution in [2.45, 2.75) is 13.3 Å². The number of rotatable bonds is 3. The van der Waals surface area contributed by atoms with Gasteiger partial charge in [0.05, 0.1) is 13.5 Å². The predicted molar refractivity (Wildman–Crippen MR) is 55.8 cm³/mol. The highest BCUT2D eigenvalue weighted by Gasteiger charge is 2.09. The number of esters is 1. The lowest BCUT2D eigenvalue weighted by molar-refractivity contribution is -0.139. The molecule has 16 heavy (non-hydrogen) atoms. The molecule has 0 atom stereocenters. The van der Waals surface area contributed by atoms with E-state index in [1.54, 1.807) is 0 Å². The average molecular weight is 227 g/mol. The second kappa shape index (κ2) is 5.34. The molecule has 3 nitrogen and oxygen atoms in total. The van der Waals surface area contributed by atoms with E-state index >= 15 is 0 Å². The van der Waals surface area contributed by atoms with Crippen LogP contribution in [0, 0.1) is 11.6 Å². The highest BCUT2D eigenvalue weighted by Crippen LogP contribution is 2.21. The SMILES string of the molecule is COC(=O)CC(C)=Nc1c(F)cccc1F. The number of ether oxygens (including phenoxy) is 1. The van der Waals surface area contributed by atoms with Gasteiger partial charge in [0, 0.05) is 5.71 Å². The molecule has 1 aromatic rings. The van der Waals surface area contributed by atoms with Gasteiger partial charge in [0.15, 0.2) is 11.6 Å². The Bertz CT molecular complexity index is 410. The van der Waals surface area contributed by atoms with E-state index in [1.807, 2.05) is 0 Å². The topological polar surface area (TPSA) is 38.7 Å². The van der Waals surface area contributed by atoms with Gasteiger partial charge in [-0.3, -0.25) is 9.79 Å². The zero-order chi connectivity index (χ0) is 12.1. The normalized spacial score (nSPS) is 11.4. The molecule has 0 radical (unpaired) electrons. The third-order valence-electron chi connectivity index (χ3n) is 1.87. The van der Waals surface area contributed by atoms with E-state index < -0.39 is 17.6 Å². The van der Waals surface area contributed by atoms with Gasteiger partial charge in [0.2, 0.25) is 0 Å². The van der Waals surface area contributed by atoms with Gasteiger partial charge in [-0.25, -0.2) is 8.78 Å². The lowest BCUT2D eigenvalue weighted by Gasteiger charge is -2.01. The van der Waals surface area contributed by atoms with E-state index in [-0.39, 0.29) is 17.8 Å². The predicted octanol–water partition coefficient (Wildman–Crippen LogP) is 2.62. The van der Waals surface area contributed by atoms with Crippen LogP contribution < -0.4 is 0 Å². The molecule has 5 heteroatoms. The Morgan fingerprint density at radius 3 is 2.44 bits per heavy atom. The van der Waals surface area contributed by atoms with Crippen molar-refractivity contribution in [1.29, 1.82) is 0 Å². The Morgan fingerprint density at radius 1 is 1.38 bits per heavy atom. The number of para-hydroxylation sites is 1. The van der Waals surface area contributed by atoms with Gasteiger partial charge in [-0.2, -0.15) is 0 Å². The van der Waals surface area contributed by atoms with Crippen LogP contribution in [-0.2, 0) is 9.53 Å². The third kappa shape index (κ3) is 3.12. The van der Waals surface area contributed by atoms with Gasteiger partial charge in [-0.05, 0) is 19.1 Å². The minimum Gasteiger partial charge on any atom is -0.469 e. The van der Waals surface area contributed by atoms with E-state index in [1.165, 1.54) is 20.1 Å². The maximum atomic E-state index is 13.2. The lowest BCUT2D eigenvalue weighted by atomic mass is 10.2. The maximum absolute atomic E-state index is 13.2. The van der Waals surface area contributed by atoms with Crippen LogP contribution in [0.15, 0.2) is 23.2 Å². The minimum absolute atomic E-state index is 0.0930. The number of carbonyl (C=O) groups excluding carboxylic acids is 1. The van der Waals surface area contributed by atoms with E-state index in [9.17, 15) is 13.6 Å². The first kappa shape index (κ1) is 12.3. The Hall–Kier alpha value is -1.78. The molecule has 0 bridgehead atoms. The second-order valence-electron chi connectivity index (χ2n) is 3.17. The third-order valence-corrected chi connectivity index (χ3v) is 1.87. The molecule has 0 fully saturated rings. The number of halogens is 2. The number of hydrogen-bond donors (Lipinski definition) is 0. The Balaban J connectivity index is 2.94. The molecule has 0 aliphatic heterocycles. The zero-order valence-corrected chi connectivity index (χ0v) is 8.96. The van der Waals surface area contributed by atoms with Crippen LogP contribution in [0.2, 0.25) is 0 Å². The summed E-state index contributed by atoms with van der Waals surface area (Å²) >= 11 is 0. The fourth-order valence-corrected chi connectivity index (χ4v) is 1.11. The lowest BCUT2D eigenvalue weighted by Crippen LogP contribution is -2.06. The largest absolute Gasteiger partial charge is 0.469 e. The van der Waals surface area contributed by atoms with E-state index in [0.717, 1.165) is 12.1 Å². The Morgan fingerprint density at radius 2 is 1.94 bits per heavy atom. The molecule has 0 aliphatic carbocycles. The molecule has 0 heterocycles. The van der Waals surface area contributed by atoms with Crippen molar-refractivity contribution in [2.24, 2.45) is 4.99 Å². The number of aliphatic imine (C=N–C) groups is 1. The molecule has 0 amide bonds. The van der Waals surface area contributed by atoms with Crippen molar-refractivity contribution in [3.8, 4) is 0 Å². The first-order valence-electron chi connectivity index (χ1n) is 4.59. The van der Waals surface area contributed by atoms with Crippen molar-refractivity contribution < 1.29 is 18.3 Å². The van der Waals surface area contributed by atoms with Crippen LogP contribution in [0.1, 0.15) is 13.3 Å². The Labute approximate surface area is 91.8 Å². The standard InChI is InChI=1S/C11H11F2NO2/c1-7(6-10(15)16-2)14-11-8(12)4-3-5-9(11)13/h3-5H,6H2,1-2H3. The molecule has 1 rings (SSSR count). The summed E-state index contributed by atoms with van der Waals surface area (Å²) in [5, 5.41) is 0. The van der Waals surface area contributed by atoms with Crippen molar-refractivity contribution >= 4 is 17.4 Å². The maximum Gasteiger partial charge on any atom is 0.311 e. The fourth-order valence-electron chi connectivity index (χ4n) is 1.11. The summed E-state index contributed by atoms with van der Waals surface area (Å²) in [7, 11) is 1.24. The van der Waals surface area contributed by atoms with Crippen molar-refractivity contribution in [3.63, 3.8) is 0 Å².